The summed E-state index contributed by atoms with van der Waals surface area (Å²) >= 11 is 17.5. The molecule has 4 nitrogen and oxygen atoms in total. The summed E-state index contributed by atoms with van der Waals surface area (Å²) in [7, 11) is 0. The van der Waals surface area contributed by atoms with Gasteiger partial charge in [0, 0.05) is 10.7 Å². The number of hydrogen-bond acceptors (Lipinski definition) is 2. The first kappa shape index (κ1) is 15.6. The molecule has 21 heavy (non-hydrogen) atoms. The maximum absolute atomic E-state index is 11.6. The molecule has 0 fully saturated rings. The highest BCUT2D eigenvalue weighted by atomic mass is 35.5. The van der Waals surface area contributed by atoms with Crippen molar-refractivity contribution in [2.45, 2.75) is 0 Å². The molecule has 0 spiro atoms. The lowest BCUT2D eigenvalue weighted by Gasteiger charge is -2.04. The topological polar surface area (TPSA) is 53.5 Å². The molecule has 0 aromatic heterocycles. The van der Waals surface area contributed by atoms with E-state index in [0.717, 1.165) is 0 Å². The van der Waals surface area contributed by atoms with Crippen molar-refractivity contribution in [2.24, 2.45) is 5.10 Å². The molecule has 0 saturated carbocycles. The first-order chi connectivity index (χ1) is 10.0. The first-order valence-electron chi connectivity index (χ1n) is 5.85. The van der Waals surface area contributed by atoms with Crippen LogP contribution in [0.1, 0.15) is 5.56 Å². The van der Waals surface area contributed by atoms with Crippen molar-refractivity contribution in [3.8, 4) is 0 Å². The molecule has 0 atom stereocenters. The number of hydrogen-bond donors (Lipinski definition) is 2. The minimum absolute atomic E-state index is 0.420. The molecule has 2 N–H and O–H groups in total. The van der Waals surface area contributed by atoms with Crippen molar-refractivity contribution in [2.75, 3.05) is 5.32 Å². The van der Waals surface area contributed by atoms with E-state index in [1.807, 2.05) is 0 Å². The zero-order valence-corrected chi connectivity index (χ0v) is 12.9. The Kier molecular flexibility index (Phi) is 5.44. The van der Waals surface area contributed by atoms with Crippen LogP contribution in [0.4, 0.5) is 10.5 Å². The van der Waals surface area contributed by atoms with Crippen LogP contribution in [0.5, 0.6) is 0 Å². The van der Waals surface area contributed by atoms with E-state index in [1.54, 1.807) is 42.5 Å². The van der Waals surface area contributed by atoms with E-state index in [1.165, 1.54) is 6.21 Å². The van der Waals surface area contributed by atoms with Crippen LogP contribution >= 0.6 is 34.8 Å². The average molecular weight is 343 g/mol. The number of urea groups is 1. The van der Waals surface area contributed by atoms with Crippen molar-refractivity contribution < 1.29 is 4.79 Å². The number of amides is 2. The molecule has 0 aliphatic carbocycles. The number of rotatable bonds is 3. The molecule has 2 amide bonds. The normalized spacial score (nSPS) is 10.6. The van der Waals surface area contributed by atoms with Crippen LogP contribution in [0.3, 0.4) is 0 Å². The molecule has 0 aliphatic heterocycles. The van der Waals surface area contributed by atoms with Gasteiger partial charge in [0.05, 0.1) is 16.3 Å². The lowest BCUT2D eigenvalue weighted by atomic mass is 10.2. The lowest BCUT2D eigenvalue weighted by molar-refractivity contribution is 0.252. The number of benzene rings is 2. The second kappa shape index (κ2) is 7.31. The van der Waals surface area contributed by atoms with Gasteiger partial charge in [-0.25, -0.2) is 10.2 Å². The number of hydrazone groups is 1. The van der Waals surface area contributed by atoms with Crippen LogP contribution < -0.4 is 10.7 Å². The van der Waals surface area contributed by atoms with Crippen molar-refractivity contribution in [1.82, 2.24) is 5.43 Å². The average Bonchev–Trinajstić information content (AvgIpc) is 2.43. The van der Waals surface area contributed by atoms with Crippen molar-refractivity contribution in [3.63, 3.8) is 0 Å². The number of nitrogens with zero attached hydrogens (tertiary/aromatic N) is 1. The fraction of sp³-hybridized carbons (Fsp3) is 0. The molecule has 0 unspecified atom stereocenters. The van der Waals surface area contributed by atoms with Crippen molar-refractivity contribution >= 4 is 52.7 Å². The van der Waals surface area contributed by atoms with Gasteiger partial charge < -0.3 is 5.32 Å². The van der Waals surface area contributed by atoms with Crippen LogP contribution in [-0.4, -0.2) is 12.2 Å². The van der Waals surface area contributed by atoms with Crippen LogP contribution in [-0.2, 0) is 0 Å². The number of carbonyl (C=O) groups excluding carboxylic acids is 1. The zero-order chi connectivity index (χ0) is 15.2. The van der Waals surface area contributed by atoms with Gasteiger partial charge in [0.15, 0.2) is 0 Å². The van der Waals surface area contributed by atoms with E-state index < -0.39 is 6.03 Å². The Balaban J connectivity index is 1.91. The van der Waals surface area contributed by atoms with E-state index in [9.17, 15) is 4.79 Å². The molecule has 2 aromatic carbocycles. The number of carbonyl (C=O) groups is 1. The third-order valence-corrected chi connectivity index (χ3v) is 3.38. The predicted molar refractivity (Wildman–Crippen MR) is 87.7 cm³/mol. The van der Waals surface area contributed by atoms with Gasteiger partial charge in [0.2, 0.25) is 0 Å². The Morgan fingerprint density at radius 1 is 1.05 bits per heavy atom. The monoisotopic (exact) mass is 341 g/mol. The Labute approximate surface area is 136 Å². The van der Waals surface area contributed by atoms with E-state index in [-0.39, 0.29) is 0 Å². The molecule has 0 radical (unpaired) electrons. The van der Waals surface area contributed by atoms with Gasteiger partial charge in [-0.05, 0) is 35.9 Å². The lowest BCUT2D eigenvalue weighted by Crippen LogP contribution is -2.24. The minimum Gasteiger partial charge on any atom is -0.306 e. The van der Waals surface area contributed by atoms with Gasteiger partial charge in [-0.1, -0.05) is 46.9 Å². The Bertz CT molecular complexity index is 689. The third-order valence-electron chi connectivity index (χ3n) is 2.41. The zero-order valence-electron chi connectivity index (χ0n) is 10.6. The van der Waals surface area contributed by atoms with E-state index in [2.05, 4.69) is 15.8 Å². The van der Waals surface area contributed by atoms with Crippen LogP contribution in [0.25, 0.3) is 0 Å². The number of halogens is 3. The molecule has 7 heteroatoms. The Morgan fingerprint density at radius 2 is 1.86 bits per heavy atom. The summed E-state index contributed by atoms with van der Waals surface area (Å²) in [5.41, 5.74) is 3.62. The van der Waals surface area contributed by atoms with Gasteiger partial charge in [-0.15, -0.1) is 0 Å². The van der Waals surface area contributed by atoms with Gasteiger partial charge in [0.25, 0.3) is 0 Å². The van der Waals surface area contributed by atoms with Crippen molar-refractivity contribution in [3.05, 3.63) is 63.1 Å². The maximum Gasteiger partial charge on any atom is 0.339 e. The highest BCUT2D eigenvalue weighted by Crippen LogP contribution is 2.21. The van der Waals surface area contributed by atoms with Gasteiger partial charge in [0.1, 0.15) is 0 Å². The standard InChI is InChI=1S/C14H10Cl3N3O/c15-10-2-1-3-11(7-10)19-14(21)20-18-8-9-4-5-12(16)13(17)6-9/h1-8H,(H2,19,20,21)/b18-8-. The molecular formula is C14H10Cl3N3O. The molecule has 0 bridgehead atoms. The Hall–Kier alpha value is -1.75. The smallest absolute Gasteiger partial charge is 0.306 e. The minimum atomic E-state index is -0.478. The summed E-state index contributed by atoms with van der Waals surface area (Å²) in [4.78, 5) is 11.6. The SMILES string of the molecule is O=C(N/N=C\c1ccc(Cl)c(Cl)c1)Nc1cccc(Cl)c1. The molecule has 0 heterocycles. The summed E-state index contributed by atoms with van der Waals surface area (Å²) in [6.45, 7) is 0. The second-order valence-corrected chi connectivity index (χ2v) is 5.26. The highest BCUT2D eigenvalue weighted by molar-refractivity contribution is 6.42. The summed E-state index contributed by atoms with van der Waals surface area (Å²) in [5.74, 6) is 0. The summed E-state index contributed by atoms with van der Waals surface area (Å²) < 4.78 is 0. The molecular weight excluding hydrogens is 333 g/mol. The van der Waals surface area contributed by atoms with Crippen LogP contribution in [0, 0.1) is 0 Å². The van der Waals surface area contributed by atoms with Crippen LogP contribution in [0.15, 0.2) is 47.6 Å². The summed E-state index contributed by atoms with van der Waals surface area (Å²) in [6, 6.07) is 11.3. The van der Waals surface area contributed by atoms with Crippen molar-refractivity contribution in [1.29, 1.82) is 0 Å². The van der Waals surface area contributed by atoms with Crippen LogP contribution in [0.2, 0.25) is 15.1 Å². The summed E-state index contributed by atoms with van der Waals surface area (Å²) in [6.07, 6.45) is 1.46. The molecule has 2 rings (SSSR count). The van der Waals surface area contributed by atoms with Gasteiger partial charge >= 0.3 is 6.03 Å². The Morgan fingerprint density at radius 3 is 2.57 bits per heavy atom. The fourth-order valence-electron chi connectivity index (χ4n) is 1.48. The third kappa shape index (κ3) is 4.93. The fourth-order valence-corrected chi connectivity index (χ4v) is 1.98. The van der Waals surface area contributed by atoms with E-state index in [0.29, 0.717) is 26.3 Å². The number of nitrogens with one attached hydrogen (secondary N) is 2. The van der Waals surface area contributed by atoms with E-state index >= 15 is 0 Å². The predicted octanol–water partition coefficient (Wildman–Crippen LogP) is 4.80. The largest absolute Gasteiger partial charge is 0.339 e. The molecule has 2 aromatic rings. The summed E-state index contributed by atoms with van der Waals surface area (Å²) in [5, 5.41) is 7.82. The second-order valence-electron chi connectivity index (χ2n) is 4.01. The van der Waals surface area contributed by atoms with Gasteiger partial charge in [-0.2, -0.15) is 5.10 Å². The molecule has 0 saturated heterocycles. The van der Waals surface area contributed by atoms with Gasteiger partial charge in [-0.3, -0.25) is 0 Å². The molecule has 0 aliphatic rings. The quantitative estimate of drug-likeness (QED) is 0.611. The first-order valence-corrected chi connectivity index (χ1v) is 6.98. The number of anilines is 1. The van der Waals surface area contributed by atoms with E-state index in [4.69, 9.17) is 34.8 Å². The molecule has 108 valence electrons. The highest BCUT2D eigenvalue weighted by Gasteiger charge is 2.01. The maximum atomic E-state index is 11.6.